The Hall–Kier alpha value is -1.85. The van der Waals surface area contributed by atoms with Crippen molar-refractivity contribution < 1.29 is 28.6 Å². The third kappa shape index (κ3) is 41.2. The Kier molecular flexibility index (Phi) is 41.4. The molecule has 0 aliphatic carbocycles. The van der Waals surface area contributed by atoms with Crippen molar-refractivity contribution in [3.63, 3.8) is 0 Å². The first-order valence-corrected chi connectivity index (χ1v) is 23.2. The topological polar surface area (TPSA) is 78.9 Å². The number of carbonyl (C=O) groups excluding carboxylic acids is 3. The molecule has 0 saturated carbocycles. The van der Waals surface area contributed by atoms with Gasteiger partial charge in [-0.1, -0.05) is 200 Å². The van der Waals surface area contributed by atoms with E-state index in [0.717, 1.165) is 64.2 Å². The number of ether oxygens (including phenoxy) is 3. The molecular weight excluding hydrogens is 661 g/mol. The largest absolute Gasteiger partial charge is 0.462 e. The number of carbonyl (C=O) groups is 3. The molecule has 0 aromatic rings. The van der Waals surface area contributed by atoms with Crippen molar-refractivity contribution in [2.24, 2.45) is 0 Å². The molecule has 0 N–H and O–H groups in total. The van der Waals surface area contributed by atoms with Gasteiger partial charge in [-0.05, 0) is 44.9 Å². The predicted octanol–water partition coefficient (Wildman–Crippen LogP) is 14.6. The normalized spacial score (nSPS) is 12.0. The van der Waals surface area contributed by atoms with Gasteiger partial charge in [0.25, 0.3) is 0 Å². The monoisotopic (exact) mass is 749 g/mol. The second-order valence-electron chi connectivity index (χ2n) is 15.7. The Morgan fingerprint density at radius 3 is 0.981 bits per heavy atom. The van der Waals surface area contributed by atoms with Crippen LogP contribution in [0.1, 0.15) is 252 Å². The van der Waals surface area contributed by atoms with Crippen LogP contribution in [0.15, 0.2) is 12.2 Å². The zero-order valence-electron chi connectivity index (χ0n) is 35.6. The molecule has 1 atom stereocenters. The predicted molar refractivity (Wildman–Crippen MR) is 224 cm³/mol. The maximum absolute atomic E-state index is 12.7. The van der Waals surface area contributed by atoms with E-state index in [9.17, 15) is 14.4 Å². The van der Waals surface area contributed by atoms with E-state index in [2.05, 4.69) is 32.9 Å². The summed E-state index contributed by atoms with van der Waals surface area (Å²) in [7, 11) is 0. The maximum atomic E-state index is 12.7. The molecule has 6 nitrogen and oxygen atoms in total. The summed E-state index contributed by atoms with van der Waals surface area (Å²) in [5.74, 6) is -0.872. The van der Waals surface area contributed by atoms with Gasteiger partial charge in [0.2, 0.25) is 0 Å². The van der Waals surface area contributed by atoms with Gasteiger partial charge in [0.15, 0.2) is 6.10 Å². The average molecular weight is 749 g/mol. The molecule has 0 aromatic heterocycles. The SMILES string of the molecule is CCCCC/C=C\CCCCCCCC(=O)OC(COC(=O)CCCCCCCCCCC)COC(=O)CCCCCCCCCCCCCCCC. The Bertz CT molecular complexity index is 824. The van der Waals surface area contributed by atoms with E-state index < -0.39 is 6.10 Å². The molecule has 0 aliphatic heterocycles. The van der Waals surface area contributed by atoms with Gasteiger partial charge in [-0.15, -0.1) is 0 Å². The van der Waals surface area contributed by atoms with Gasteiger partial charge in [0.1, 0.15) is 13.2 Å². The molecule has 53 heavy (non-hydrogen) atoms. The fourth-order valence-corrected chi connectivity index (χ4v) is 6.73. The summed E-state index contributed by atoms with van der Waals surface area (Å²) in [4.78, 5) is 37.7. The molecule has 0 spiro atoms. The highest BCUT2D eigenvalue weighted by Crippen LogP contribution is 2.15. The number of unbranched alkanes of at least 4 members (excludes halogenated alkanes) is 29. The van der Waals surface area contributed by atoms with Gasteiger partial charge >= 0.3 is 17.9 Å². The van der Waals surface area contributed by atoms with Crippen LogP contribution in [0.3, 0.4) is 0 Å². The van der Waals surface area contributed by atoms with Crippen LogP contribution in [0.4, 0.5) is 0 Å². The highest BCUT2D eigenvalue weighted by molar-refractivity contribution is 5.71. The van der Waals surface area contributed by atoms with E-state index in [1.54, 1.807) is 0 Å². The van der Waals surface area contributed by atoms with Crippen molar-refractivity contribution in [2.75, 3.05) is 13.2 Å². The van der Waals surface area contributed by atoms with Crippen molar-refractivity contribution in [3.8, 4) is 0 Å². The molecule has 0 aliphatic rings. The molecule has 312 valence electrons. The fraction of sp³-hybridized carbons (Fsp3) is 0.894. The van der Waals surface area contributed by atoms with Crippen molar-refractivity contribution in [3.05, 3.63) is 12.2 Å². The molecular formula is C47H88O6. The Morgan fingerprint density at radius 2 is 0.623 bits per heavy atom. The number of hydrogen-bond donors (Lipinski definition) is 0. The van der Waals surface area contributed by atoms with Gasteiger partial charge in [-0.25, -0.2) is 0 Å². The molecule has 0 bridgehead atoms. The van der Waals surface area contributed by atoms with Crippen molar-refractivity contribution in [1.29, 1.82) is 0 Å². The summed E-state index contributed by atoms with van der Waals surface area (Å²) in [5.41, 5.74) is 0. The molecule has 0 saturated heterocycles. The van der Waals surface area contributed by atoms with Crippen molar-refractivity contribution >= 4 is 17.9 Å². The van der Waals surface area contributed by atoms with Crippen LogP contribution in [-0.4, -0.2) is 37.2 Å². The van der Waals surface area contributed by atoms with Gasteiger partial charge in [-0.3, -0.25) is 14.4 Å². The summed E-state index contributed by atoms with van der Waals surface area (Å²) >= 11 is 0. The Balaban J connectivity index is 4.32. The third-order valence-electron chi connectivity index (χ3n) is 10.3. The second-order valence-corrected chi connectivity index (χ2v) is 15.7. The first-order chi connectivity index (χ1) is 26.0. The van der Waals surface area contributed by atoms with E-state index in [1.165, 1.54) is 148 Å². The molecule has 6 heteroatoms. The zero-order valence-corrected chi connectivity index (χ0v) is 35.6. The molecule has 0 amide bonds. The second kappa shape index (κ2) is 42.9. The lowest BCUT2D eigenvalue weighted by Gasteiger charge is -2.18. The Labute approximate surface area is 329 Å². The Morgan fingerprint density at radius 1 is 0.358 bits per heavy atom. The third-order valence-corrected chi connectivity index (χ3v) is 10.3. The number of allylic oxidation sites excluding steroid dienone is 2. The fourth-order valence-electron chi connectivity index (χ4n) is 6.73. The summed E-state index contributed by atoms with van der Waals surface area (Å²) in [6.45, 7) is 6.60. The van der Waals surface area contributed by atoms with Crippen LogP contribution >= 0.6 is 0 Å². The van der Waals surface area contributed by atoms with E-state index in [4.69, 9.17) is 14.2 Å². The lowest BCUT2D eigenvalue weighted by atomic mass is 10.0. The van der Waals surface area contributed by atoms with E-state index >= 15 is 0 Å². The van der Waals surface area contributed by atoms with Gasteiger partial charge in [0, 0.05) is 19.3 Å². The highest BCUT2D eigenvalue weighted by atomic mass is 16.6. The molecule has 0 radical (unpaired) electrons. The smallest absolute Gasteiger partial charge is 0.306 e. The van der Waals surface area contributed by atoms with E-state index in [-0.39, 0.29) is 31.1 Å². The molecule has 1 unspecified atom stereocenters. The quantitative estimate of drug-likeness (QED) is 0.0268. The standard InChI is InChI=1S/C47H88O6/c1-4-7-10-13-16-19-21-23-24-26-28-31-34-37-40-46(49)52-43-44(42-51-45(48)39-36-33-30-27-18-15-12-9-6-3)53-47(50)41-38-35-32-29-25-22-20-17-14-11-8-5-2/h17,20,44H,4-16,18-19,21-43H2,1-3H3/b20-17-. The molecule has 0 rings (SSSR count). The van der Waals surface area contributed by atoms with E-state index in [0.29, 0.717) is 19.3 Å². The molecule has 0 heterocycles. The van der Waals surface area contributed by atoms with Crippen molar-refractivity contribution in [2.45, 2.75) is 258 Å². The van der Waals surface area contributed by atoms with Gasteiger partial charge < -0.3 is 14.2 Å². The minimum atomic E-state index is -0.765. The summed E-state index contributed by atoms with van der Waals surface area (Å²) < 4.78 is 16.7. The number of hydrogen-bond acceptors (Lipinski definition) is 6. The van der Waals surface area contributed by atoms with Crippen LogP contribution in [0, 0.1) is 0 Å². The number of rotatable bonds is 42. The van der Waals surface area contributed by atoms with E-state index in [1.807, 2.05) is 0 Å². The number of esters is 3. The molecule has 0 aromatic carbocycles. The summed E-state index contributed by atoms with van der Waals surface area (Å²) in [6.07, 6.45) is 44.8. The summed E-state index contributed by atoms with van der Waals surface area (Å²) in [5, 5.41) is 0. The zero-order chi connectivity index (χ0) is 38.7. The minimum absolute atomic E-state index is 0.0690. The summed E-state index contributed by atoms with van der Waals surface area (Å²) in [6, 6.07) is 0. The highest BCUT2D eigenvalue weighted by Gasteiger charge is 2.19. The lowest BCUT2D eigenvalue weighted by Crippen LogP contribution is -2.30. The first-order valence-electron chi connectivity index (χ1n) is 23.2. The first kappa shape index (κ1) is 51.1. The lowest BCUT2D eigenvalue weighted by molar-refractivity contribution is -0.167. The van der Waals surface area contributed by atoms with Crippen LogP contribution in [0.2, 0.25) is 0 Å². The minimum Gasteiger partial charge on any atom is -0.462 e. The average Bonchev–Trinajstić information content (AvgIpc) is 3.15. The van der Waals surface area contributed by atoms with Gasteiger partial charge in [-0.2, -0.15) is 0 Å². The molecule has 0 fully saturated rings. The van der Waals surface area contributed by atoms with Gasteiger partial charge in [0.05, 0.1) is 0 Å². The van der Waals surface area contributed by atoms with Crippen LogP contribution in [0.5, 0.6) is 0 Å². The van der Waals surface area contributed by atoms with Crippen LogP contribution < -0.4 is 0 Å². The maximum Gasteiger partial charge on any atom is 0.306 e. The van der Waals surface area contributed by atoms with Crippen molar-refractivity contribution in [1.82, 2.24) is 0 Å². The van der Waals surface area contributed by atoms with Crippen LogP contribution in [0.25, 0.3) is 0 Å². The van der Waals surface area contributed by atoms with Crippen LogP contribution in [-0.2, 0) is 28.6 Å².